The quantitative estimate of drug-likeness (QED) is 0.853. The van der Waals surface area contributed by atoms with Crippen LogP contribution in [0.4, 0.5) is 11.4 Å². The van der Waals surface area contributed by atoms with Gasteiger partial charge in [-0.2, -0.15) is 0 Å². The second-order valence-electron chi connectivity index (χ2n) is 5.91. The minimum absolute atomic E-state index is 0.207. The van der Waals surface area contributed by atoms with Gasteiger partial charge in [-0.15, -0.1) is 0 Å². The molecular formula is C15H19N3O3. The highest BCUT2D eigenvalue weighted by Gasteiger charge is 2.41. The molecule has 1 amide bonds. The second kappa shape index (κ2) is 5.44. The first-order valence-corrected chi connectivity index (χ1v) is 7.17. The van der Waals surface area contributed by atoms with Gasteiger partial charge in [0.1, 0.15) is 5.69 Å². The number of hydrogen-bond acceptors (Lipinski definition) is 5. The van der Waals surface area contributed by atoms with Gasteiger partial charge in [0, 0.05) is 25.4 Å². The summed E-state index contributed by atoms with van der Waals surface area (Å²) in [5, 5.41) is 2.66. The molecule has 6 nitrogen and oxygen atoms in total. The highest BCUT2D eigenvalue weighted by molar-refractivity contribution is 5.94. The monoisotopic (exact) mass is 289 g/mol. The molecule has 6 heteroatoms. The van der Waals surface area contributed by atoms with E-state index in [1.165, 1.54) is 6.92 Å². The van der Waals surface area contributed by atoms with Gasteiger partial charge in [0.05, 0.1) is 30.8 Å². The average Bonchev–Trinajstić information content (AvgIpc) is 2.45. The molecule has 0 radical (unpaired) electrons. The molecule has 1 aromatic rings. The lowest BCUT2D eigenvalue weighted by Crippen LogP contribution is -2.51. The first-order chi connectivity index (χ1) is 10.1. The first kappa shape index (κ1) is 14.0. The van der Waals surface area contributed by atoms with Crippen molar-refractivity contribution in [1.82, 2.24) is 4.98 Å². The van der Waals surface area contributed by atoms with E-state index >= 15 is 0 Å². The lowest BCUT2D eigenvalue weighted by atomic mass is 9.77. The van der Waals surface area contributed by atoms with E-state index in [-0.39, 0.29) is 11.6 Å². The van der Waals surface area contributed by atoms with Crippen molar-refractivity contribution in [3.05, 3.63) is 18.0 Å². The number of hydrogen-bond donors (Lipinski definition) is 1. The number of pyridine rings is 1. The lowest BCUT2D eigenvalue weighted by molar-refractivity contribution is -0.124. The maximum atomic E-state index is 11.2. The Morgan fingerprint density at radius 1 is 1.43 bits per heavy atom. The Hall–Kier alpha value is -1.95. The van der Waals surface area contributed by atoms with Crippen LogP contribution in [0.1, 0.15) is 30.3 Å². The number of piperidine rings is 1. The number of carbonyl (C=O) groups excluding carboxylic acids is 2. The summed E-state index contributed by atoms with van der Waals surface area (Å²) in [7, 11) is 0. The van der Waals surface area contributed by atoms with Crippen molar-refractivity contribution in [3.8, 4) is 0 Å². The van der Waals surface area contributed by atoms with Crippen LogP contribution in [0.2, 0.25) is 0 Å². The predicted molar refractivity (Wildman–Crippen MR) is 78.6 cm³/mol. The van der Waals surface area contributed by atoms with Crippen molar-refractivity contribution in [2.24, 2.45) is 5.41 Å². The van der Waals surface area contributed by atoms with Gasteiger partial charge >= 0.3 is 0 Å². The van der Waals surface area contributed by atoms with Gasteiger partial charge in [0.2, 0.25) is 5.91 Å². The van der Waals surface area contributed by atoms with Crippen LogP contribution < -0.4 is 10.2 Å². The lowest BCUT2D eigenvalue weighted by Gasteiger charge is -2.47. The van der Waals surface area contributed by atoms with Crippen LogP contribution in [0.5, 0.6) is 0 Å². The standard InChI is InChI=1S/C15H19N3O3/c1-11(20)17-13-6-12(7-16-14(13)8-19)18-4-2-15(3-5-18)9-21-10-15/h6-8H,2-5,9-10H2,1H3,(H,17,20). The zero-order chi connectivity index (χ0) is 14.9. The number of ether oxygens (including phenoxy) is 1. The van der Waals surface area contributed by atoms with Crippen LogP contribution in [0.15, 0.2) is 12.3 Å². The number of anilines is 2. The molecule has 112 valence electrons. The van der Waals surface area contributed by atoms with E-state index in [2.05, 4.69) is 15.2 Å². The number of aromatic nitrogens is 1. The Bertz CT molecular complexity index is 559. The fraction of sp³-hybridized carbons (Fsp3) is 0.533. The molecule has 1 aromatic heterocycles. The summed E-state index contributed by atoms with van der Waals surface area (Å²) in [4.78, 5) is 28.6. The second-order valence-corrected chi connectivity index (χ2v) is 5.91. The molecule has 0 aliphatic carbocycles. The minimum atomic E-state index is -0.207. The van der Waals surface area contributed by atoms with E-state index in [0.29, 0.717) is 17.4 Å². The first-order valence-electron chi connectivity index (χ1n) is 7.17. The summed E-state index contributed by atoms with van der Waals surface area (Å²) < 4.78 is 5.33. The zero-order valence-electron chi connectivity index (χ0n) is 12.1. The summed E-state index contributed by atoms with van der Waals surface area (Å²) in [6.07, 6.45) is 4.58. The molecule has 2 fully saturated rings. The van der Waals surface area contributed by atoms with Crippen LogP contribution in [0, 0.1) is 5.41 Å². The molecule has 0 unspecified atom stereocenters. The summed E-state index contributed by atoms with van der Waals surface area (Å²) in [6, 6.07) is 1.83. The van der Waals surface area contributed by atoms with E-state index in [4.69, 9.17) is 4.74 Å². The fourth-order valence-corrected chi connectivity index (χ4v) is 2.94. The highest BCUT2D eigenvalue weighted by atomic mass is 16.5. The molecule has 1 N–H and O–H groups in total. The Balaban J connectivity index is 1.76. The van der Waals surface area contributed by atoms with E-state index in [1.807, 2.05) is 6.07 Å². The summed E-state index contributed by atoms with van der Waals surface area (Å²) >= 11 is 0. The Kier molecular flexibility index (Phi) is 3.63. The van der Waals surface area contributed by atoms with Crippen molar-refractivity contribution < 1.29 is 14.3 Å². The Labute approximate surface area is 123 Å². The molecule has 21 heavy (non-hydrogen) atoms. The molecule has 0 bridgehead atoms. The molecule has 0 atom stereocenters. The zero-order valence-corrected chi connectivity index (χ0v) is 12.1. The largest absolute Gasteiger partial charge is 0.380 e. The van der Waals surface area contributed by atoms with E-state index in [0.717, 1.165) is 44.8 Å². The normalized spacial score (nSPS) is 20.0. The van der Waals surface area contributed by atoms with E-state index in [9.17, 15) is 9.59 Å². The van der Waals surface area contributed by atoms with Gasteiger partial charge in [-0.3, -0.25) is 9.59 Å². The number of carbonyl (C=O) groups is 2. The van der Waals surface area contributed by atoms with Gasteiger partial charge in [0.15, 0.2) is 6.29 Å². The van der Waals surface area contributed by atoms with Crippen LogP contribution in [0.3, 0.4) is 0 Å². The van der Waals surface area contributed by atoms with Gasteiger partial charge < -0.3 is 15.0 Å². The molecular weight excluding hydrogens is 270 g/mol. The topological polar surface area (TPSA) is 71.5 Å². The number of nitrogens with zero attached hydrogens (tertiary/aromatic N) is 2. The third kappa shape index (κ3) is 2.76. The minimum Gasteiger partial charge on any atom is -0.380 e. The SMILES string of the molecule is CC(=O)Nc1cc(N2CCC3(CC2)COC3)cnc1C=O. The van der Waals surface area contributed by atoms with Crippen molar-refractivity contribution in [1.29, 1.82) is 0 Å². The third-order valence-corrected chi connectivity index (χ3v) is 4.33. The van der Waals surface area contributed by atoms with Crippen molar-refractivity contribution in [2.75, 3.05) is 36.5 Å². The van der Waals surface area contributed by atoms with Crippen LogP contribution in [0.25, 0.3) is 0 Å². The van der Waals surface area contributed by atoms with Gasteiger partial charge in [-0.1, -0.05) is 0 Å². The number of nitrogens with one attached hydrogen (secondary N) is 1. The maximum Gasteiger partial charge on any atom is 0.221 e. The Morgan fingerprint density at radius 3 is 2.67 bits per heavy atom. The summed E-state index contributed by atoms with van der Waals surface area (Å²) in [6.45, 7) is 5.07. The molecule has 1 spiro atoms. The van der Waals surface area contributed by atoms with Crippen molar-refractivity contribution in [3.63, 3.8) is 0 Å². The predicted octanol–water partition coefficient (Wildman–Crippen LogP) is 1.47. The summed E-state index contributed by atoms with van der Waals surface area (Å²) in [5.74, 6) is -0.207. The molecule has 0 saturated carbocycles. The van der Waals surface area contributed by atoms with Crippen LogP contribution in [-0.2, 0) is 9.53 Å². The number of rotatable bonds is 3. The molecule has 3 rings (SSSR count). The van der Waals surface area contributed by atoms with Gasteiger partial charge in [0.25, 0.3) is 0 Å². The highest BCUT2D eigenvalue weighted by Crippen LogP contribution is 2.39. The van der Waals surface area contributed by atoms with Crippen LogP contribution >= 0.6 is 0 Å². The molecule has 3 heterocycles. The fourth-order valence-electron chi connectivity index (χ4n) is 2.94. The average molecular weight is 289 g/mol. The van der Waals surface area contributed by atoms with Gasteiger partial charge in [-0.05, 0) is 18.9 Å². The summed E-state index contributed by atoms with van der Waals surface area (Å²) in [5.41, 5.74) is 2.06. The van der Waals surface area contributed by atoms with Crippen LogP contribution in [-0.4, -0.2) is 43.5 Å². The van der Waals surface area contributed by atoms with E-state index < -0.39 is 0 Å². The maximum absolute atomic E-state index is 11.2. The third-order valence-electron chi connectivity index (χ3n) is 4.33. The molecule has 2 aliphatic rings. The Morgan fingerprint density at radius 2 is 2.14 bits per heavy atom. The van der Waals surface area contributed by atoms with E-state index in [1.54, 1.807) is 6.20 Å². The number of amides is 1. The van der Waals surface area contributed by atoms with Crippen molar-refractivity contribution >= 4 is 23.6 Å². The smallest absolute Gasteiger partial charge is 0.221 e. The van der Waals surface area contributed by atoms with Crippen molar-refractivity contribution in [2.45, 2.75) is 19.8 Å². The molecule has 0 aromatic carbocycles. The molecule has 2 saturated heterocycles. The molecule has 2 aliphatic heterocycles. The number of aldehydes is 1. The van der Waals surface area contributed by atoms with Gasteiger partial charge in [-0.25, -0.2) is 4.98 Å².